The first-order chi connectivity index (χ1) is 11.8. The Balaban J connectivity index is 1.43. The molecule has 0 radical (unpaired) electrons. The highest BCUT2D eigenvalue weighted by atomic mass is 16.7. The standard InChI is InChI=1S/C19H28N2O3/c1-22-16-4-2-3-14(13-16)19-17(8-10-21(19)15-5-6-15)20-9-7-18-23-11-12-24-18/h2-4,13,15,17-20H,5-12H2,1H3. The highest BCUT2D eigenvalue weighted by Crippen LogP contribution is 2.41. The average Bonchev–Trinajstić information content (AvgIpc) is 3.16. The third-order valence-corrected chi connectivity index (χ3v) is 5.37. The van der Waals surface area contributed by atoms with Crippen LogP contribution in [0.15, 0.2) is 24.3 Å². The number of benzene rings is 1. The fourth-order valence-electron chi connectivity index (χ4n) is 4.06. The Labute approximate surface area is 144 Å². The van der Waals surface area contributed by atoms with Gasteiger partial charge in [0.2, 0.25) is 0 Å². The second kappa shape index (κ2) is 7.40. The zero-order valence-corrected chi connectivity index (χ0v) is 14.4. The summed E-state index contributed by atoms with van der Waals surface area (Å²) in [7, 11) is 1.74. The van der Waals surface area contributed by atoms with E-state index in [0.717, 1.165) is 38.0 Å². The lowest BCUT2D eigenvalue weighted by Crippen LogP contribution is -2.38. The Hall–Kier alpha value is -1.14. The largest absolute Gasteiger partial charge is 0.497 e. The fraction of sp³-hybridized carbons (Fsp3) is 0.684. The van der Waals surface area contributed by atoms with Gasteiger partial charge < -0.3 is 19.5 Å². The van der Waals surface area contributed by atoms with Crippen LogP contribution in [0.25, 0.3) is 0 Å². The van der Waals surface area contributed by atoms with E-state index in [-0.39, 0.29) is 6.29 Å². The normalized spacial score (nSPS) is 28.5. The molecule has 4 rings (SSSR count). The maximum absolute atomic E-state index is 5.54. The number of nitrogens with zero attached hydrogens (tertiary/aromatic N) is 1. The van der Waals surface area contributed by atoms with Crippen LogP contribution in [0.5, 0.6) is 5.75 Å². The first-order valence-corrected chi connectivity index (χ1v) is 9.21. The average molecular weight is 332 g/mol. The molecule has 5 heteroatoms. The van der Waals surface area contributed by atoms with E-state index in [1.54, 1.807) is 7.11 Å². The van der Waals surface area contributed by atoms with Crippen molar-refractivity contribution in [1.29, 1.82) is 0 Å². The van der Waals surface area contributed by atoms with Crippen LogP contribution >= 0.6 is 0 Å². The Morgan fingerprint density at radius 1 is 1.21 bits per heavy atom. The highest BCUT2D eigenvalue weighted by molar-refractivity contribution is 5.32. The van der Waals surface area contributed by atoms with Gasteiger partial charge in [0.1, 0.15) is 5.75 Å². The van der Waals surface area contributed by atoms with Crippen LogP contribution in [-0.2, 0) is 9.47 Å². The van der Waals surface area contributed by atoms with Gasteiger partial charge in [0, 0.05) is 31.6 Å². The second-order valence-electron chi connectivity index (χ2n) is 7.00. The summed E-state index contributed by atoms with van der Waals surface area (Å²) in [5.41, 5.74) is 1.37. The van der Waals surface area contributed by atoms with Crippen molar-refractivity contribution in [3.63, 3.8) is 0 Å². The third-order valence-electron chi connectivity index (χ3n) is 5.37. The number of hydrogen-bond acceptors (Lipinski definition) is 5. The summed E-state index contributed by atoms with van der Waals surface area (Å²) in [5.74, 6) is 0.946. The summed E-state index contributed by atoms with van der Waals surface area (Å²) < 4.78 is 16.5. The number of ether oxygens (including phenoxy) is 3. The lowest BCUT2D eigenvalue weighted by atomic mass is 9.99. The van der Waals surface area contributed by atoms with Crippen molar-refractivity contribution in [2.24, 2.45) is 0 Å². The van der Waals surface area contributed by atoms with Gasteiger partial charge >= 0.3 is 0 Å². The Kier molecular flexibility index (Phi) is 5.03. The molecule has 1 aliphatic carbocycles. The first kappa shape index (κ1) is 16.3. The van der Waals surface area contributed by atoms with Crippen molar-refractivity contribution in [3.8, 4) is 5.75 Å². The van der Waals surface area contributed by atoms with E-state index in [1.165, 1.54) is 31.4 Å². The monoisotopic (exact) mass is 332 g/mol. The topological polar surface area (TPSA) is 43.0 Å². The van der Waals surface area contributed by atoms with Crippen LogP contribution in [0.1, 0.15) is 37.3 Å². The van der Waals surface area contributed by atoms with E-state index < -0.39 is 0 Å². The molecule has 0 spiro atoms. The van der Waals surface area contributed by atoms with Gasteiger partial charge in [0.25, 0.3) is 0 Å². The lowest BCUT2D eigenvalue weighted by Gasteiger charge is -2.29. The molecule has 132 valence electrons. The lowest BCUT2D eigenvalue weighted by molar-refractivity contribution is -0.0464. The van der Waals surface area contributed by atoms with Crippen LogP contribution in [0.3, 0.4) is 0 Å². The molecule has 1 aromatic carbocycles. The number of hydrogen-bond donors (Lipinski definition) is 1. The van der Waals surface area contributed by atoms with Gasteiger partial charge in [0.15, 0.2) is 6.29 Å². The van der Waals surface area contributed by atoms with Crippen LogP contribution in [0.4, 0.5) is 0 Å². The van der Waals surface area contributed by atoms with E-state index in [9.17, 15) is 0 Å². The number of likely N-dealkylation sites (tertiary alicyclic amines) is 1. The summed E-state index contributed by atoms with van der Waals surface area (Å²) in [5, 5.41) is 3.76. The Morgan fingerprint density at radius 3 is 2.79 bits per heavy atom. The van der Waals surface area contributed by atoms with E-state index in [4.69, 9.17) is 14.2 Å². The molecular formula is C19H28N2O3. The summed E-state index contributed by atoms with van der Waals surface area (Å²) >= 11 is 0. The van der Waals surface area contributed by atoms with Gasteiger partial charge in [-0.25, -0.2) is 0 Å². The van der Waals surface area contributed by atoms with Gasteiger partial charge in [0.05, 0.1) is 26.4 Å². The predicted octanol–water partition coefficient (Wildman–Crippen LogP) is 2.33. The van der Waals surface area contributed by atoms with Crippen LogP contribution in [0.2, 0.25) is 0 Å². The molecule has 2 unspecified atom stereocenters. The minimum atomic E-state index is -0.0197. The van der Waals surface area contributed by atoms with Crippen LogP contribution < -0.4 is 10.1 Å². The van der Waals surface area contributed by atoms with E-state index >= 15 is 0 Å². The highest BCUT2D eigenvalue weighted by Gasteiger charge is 2.42. The van der Waals surface area contributed by atoms with E-state index in [2.05, 4.69) is 28.4 Å². The maximum Gasteiger partial charge on any atom is 0.159 e. The van der Waals surface area contributed by atoms with E-state index in [0.29, 0.717) is 12.1 Å². The minimum absolute atomic E-state index is 0.0197. The molecule has 3 fully saturated rings. The van der Waals surface area contributed by atoms with Gasteiger partial charge in [-0.1, -0.05) is 12.1 Å². The molecule has 0 bridgehead atoms. The van der Waals surface area contributed by atoms with Gasteiger partial charge in [-0.2, -0.15) is 0 Å². The summed E-state index contributed by atoms with van der Waals surface area (Å²) in [4.78, 5) is 2.69. The Bertz CT molecular complexity index is 543. The van der Waals surface area contributed by atoms with Gasteiger partial charge in [-0.3, -0.25) is 4.90 Å². The summed E-state index contributed by atoms with van der Waals surface area (Å²) in [6.45, 7) is 3.58. The molecule has 1 N–H and O–H groups in total. The van der Waals surface area contributed by atoms with Crippen molar-refractivity contribution in [2.45, 2.75) is 50.1 Å². The minimum Gasteiger partial charge on any atom is -0.497 e. The molecule has 1 aromatic rings. The third kappa shape index (κ3) is 3.59. The van der Waals surface area contributed by atoms with Crippen molar-refractivity contribution < 1.29 is 14.2 Å². The molecule has 24 heavy (non-hydrogen) atoms. The fourth-order valence-corrected chi connectivity index (χ4v) is 4.06. The van der Waals surface area contributed by atoms with E-state index in [1.807, 2.05) is 6.07 Å². The van der Waals surface area contributed by atoms with Crippen molar-refractivity contribution >= 4 is 0 Å². The predicted molar refractivity (Wildman–Crippen MR) is 92.2 cm³/mol. The zero-order valence-electron chi connectivity index (χ0n) is 14.4. The molecule has 0 aromatic heterocycles. The molecule has 2 heterocycles. The van der Waals surface area contributed by atoms with Gasteiger partial charge in [-0.15, -0.1) is 0 Å². The molecule has 5 nitrogen and oxygen atoms in total. The summed E-state index contributed by atoms with van der Waals surface area (Å²) in [6, 6.07) is 10.3. The Morgan fingerprint density at radius 2 is 2.04 bits per heavy atom. The molecule has 1 saturated carbocycles. The van der Waals surface area contributed by atoms with Crippen LogP contribution in [0, 0.1) is 0 Å². The van der Waals surface area contributed by atoms with Crippen molar-refractivity contribution in [3.05, 3.63) is 29.8 Å². The zero-order chi connectivity index (χ0) is 16.4. The molecular weight excluding hydrogens is 304 g/mol. The number of methoxy groups -OCH3 is 1. The van der Waals surface area contributed by atoms with Crippen molar-refractivity contribution in [2.75, 3.05) is 33.4 Å². The second-order valence-corrected chi connectivity index (χ2v) is 7.00. The molecule has 2 aliphatic heterocycles. The smallest absolute Gasteiger partial charge is 0.159 e. The molecule has 2 atom stereocenters. The van der Waals surface area contributed by atoms with Crippen molar-refractivity contribution in [1.82, 2.24) is 10.2 Å². The molecule has 0 amide bonds. The number of rotatable bonds is 7. The SMILES string of the molecule is COc1cccc(C2C(NCCC3OCCO3)CCN2C2CC2)c1. The molecule has 3 aliphatic rings. The van der Waals surface area contributed by atoms with Gasteiger partial charge in [-0.05, 0) is 37.0 Å². The van der Waals surface area contributed by atoms with Crippen LogP contribution in [-0.4, -0.2) is 56.7 Å². The summed E-state index contributed by atoms with van der Waals surface area (Å²) in [6.07, 6.45) is 4.79. The quantitative estimate of drug-likeness (QED) is 0.830. The first-order valence-electron chi connectivity index (χ1n) is 9.21. The molecule has 2 saturated heterocycles. The maximum atomic E-state index is 5.54. The number of nitrogens with one attached hydrogen (secondary N) is 1.